The predicted molar refractivity (Wildman–Crippen MR) is 81.0 cm³/mol. The van der Waals surface area contributed by atoms with Crippen LogP contribution in [0.25, 0.3) is 0 Å². The topological polar surface area (TPSA) is 18.5 Å². The van der Waals surface area contributed by atoms with Gasteiger partial charge in [-0.15, -0.1) is 0 Å². The molecular formula is C17H17ClO2. The van der Waals surface area contributed by atoms with Crippen molar-refractivity contribution in [2.24, 2.45) is 0 Å². The zero-order valence-electron chi connectivity index (χ0n) is 11.7. The first kappa shape index (κ1) is 13.3. The van der Waals surface area contributed by atoms with Crippen molar-refractivity contribution in [2.45, 2.75) is 26.4 Å². The van der Waals surface area contributed by atoms with Gasteiger partial charge >= 0.3 is 0 Å². The van der Waals surface area contributed by atoms with Gasteiger partial charge in [0.1, 0.15) is 24.2 Å². The number of hydrogen-bond acceptors (Lipinski definition) is 2. The second-order valence-electron chi connectivity index (χ2n) is 5.28. The van der Waals surface area contributed by atoms with Gasteiger partial charge in [-0.05, 0) is 54.8 Å². The quantitative estimate of drug-likeness (QED) is 0.836. The van der Waals surface area contributed by atoms with E-state index in [1.54, 1.807) is 0 Å². The van der Waals surface area contributed by atoms with Crippen molar-refractivity contribution in [1.29, 1.82) is 0 Å². The lowest BCUT2D eigenvalue weighted by molar-refractivity contribution is 0.148. The largest absolute Gasteiger partial charge is 0.489 e. The molecule has 0 aromatic heterocycles. The molecule has 0 saturated heterocycles. The van der Waals surface area contributed by atoms with Crippen LogP contribution in [-0.4, -0.2) is 12.7 Å². The van der Waals surface area contributed by atoms with Crippen LogP contribution in [0.4, 0.5) is 0 Å². The van der Waals surface area contributed by atoms with Crippen LogP contribution in [0.1, 0.15) is 16.7 Å². The van der Waals surface area contributed by atoms with E-state index in [1.807, 2.05) is 18.2 Å². The van der Waals surface area contributed by atoms with E-state index in [-0.39, 0.29) is 6.10 Å². The Morgan fingerprint density at radius 1 is 1.20 bits per heavy atom. The third-order valence-electron chi connectivity index (χ3n) is 3.53. The summed E-state index contributed by atoms with van der Waals surface area (Å²) in [4.78, 5) is 0. The highest BCUT2D eigenvalue weighted by Gasteiger charge is 2.23. The summed E-state index contributed by atoms with van der Waals surface area (Å²) in [6, 6.07) is 12.0. The van der Waals surface area contributed by atoms with Crippen molar-refractivity contribution >= 4 is 11.6 Å². The minimum Gasteiger partial charge on any atom is -0.489 e. The van der Waals surface area contributed by atoms with Crippen LogP contribution in [0.15, 0.2) is 36.4 Å². The molecule has 0 amide bonds. The maximum absolute atomic E-state index is 6.00. The lowest BCUT2D eigenvalue weighted by atomic mass is 10.1. The molecule has 0 N–H and O–H groups in total. The van der Waals surface area contributed by atoms with Crippen molar-refractivity contribution in [2.75, 3.05) is 6.61 Å². The van der Waals surface area contributed by atoms with Gasteiger partial charge in [0.15, 0.2) is 0 Å². The Bertz CT molecular complexity index is 637. The summed E-state index contributed by atoms with van der Waals surface area (Å²) in [6.45, 7) is 4.67. The number of benzene rings is 2. The van der Waals surface area contributed by atoms with Crippen LogP contribution in [0.5, 0.6) is 11.5 Å². The molecule has 0 unspecified atom stereocenters. The second-order valence-corrected chi connectivity index (χ2v) is 5.71. The fourth-order valence-corrected chi connectivity index (χ4v) is 2.62. The van der Waals surface area contributed by atoms with Gasteiger partial charge in [0.05, 0.1) is 0 Å². The Hall–Kier alpha value is -1.67. The van der Waals surface area contributed by atoms with Crippen LogP contribution in [0, 0.1) is 13.8 Å². The fraction of sp³-hybridized carbons (Fsp3) is 0.294. The number of ether oxygens (including phenoxy) is 2. The van der Waals surface area contributed by atoms with Crippen LogP contribution >= 0.6 is 11.6 Å². The van der Waals surface area contributed by atoms with E-state index in [2.05, 4.69) is 32.0 Å². The normalized spacial score (nSPS) is 16.6. The maximum atomic E-state index is 6.00. The minimum absolute atomic E-state index is 0.0587. The molecule has 104 valence electrons. The summed E-state index contributed by atoms with van der Waals surface area (Å²) in [6.07, 6.45) is 0.907. The number of halogens is 1. The van der Waals surface area contributed by atoms with Gasteiger partial charge in [0.25, 0.3) is 0 Å². The molecule has 0 spiro atoms. The zero-order chi connectivity index (χ0) is 14.1. The Morgan fingerprint density at radius 2 is 2.05 bits per heavy atom. The number of rotatable bonds is 3. The summed E-state index contributed by atoms with van der Waals surface area (Å²) in [7, 11) is 0. The SMILES string of the molecule is Cc1ccc(C)c(OC[C@@H]2Cc3cc(Cl)ccc3O2)c1. The molecule has 3 heteroatoms. The number of hydrogen-bond donors (Lipinski definition) is 0. The Morgan fingerprint density at radius 3 is 2.90 bits per heavy atom. The number of aryl methyl sites for hydroxylation is 2. The average Bonchev–Trinajstić information content (AvgIpc) is 2.81. The predicted octanol–water partition coefficient (Wildman–Crippen LogP) is 4.34. The van der Waals surface area contributed by atoms with Gasteiger partial charge in [-0.1, -0.05) is 23.7 Å². The van der Waals surface area contributed by atoms with E-state index >= 15 is 0 Å². The molecule has 0 saturated carbocycles. The van der Waals surface area contributed by atoms with E-state index in [9.17, 15) is 0 Å². The van der Waals surface area contributed by atoms with Gasteiger partial charge < -0.3 is 9.47 Å². The molecule has 2 nitrogen and oxygen atoms in total. The van der Waals surface area contributed by atoms with Gasteiger partial charge in [0, 0.05) is 11.4 Å². The van der Waals surface area contributed by atoms with Crippen molar-refractivity contribution < 1.29 is 9.47 Å². The molecule has 1 atom stereocenters. The average molecular weight is 289 g/mol. The summed E-state index contributed by atoms with van der Waals surface area (Å²) in [5.74, 6) is 1.85. The van der Waals surface area contributed by atoms with Gasteiger partial charge in [-0.3, -0.25) is 0 Å². The second kappa shape index (κ2) is 5.37. The van der Waals surface area contributed by atoms with E-state index < -0.39 is 0 Å². The highest BCUT2D eigenvalue weighted by molar-refractivity contribution is 6.30. The Balaban J connectivity index is 1.65. The first-order valence-electron chi connectivity index (χ1n) is 6.77. The first-order valence-corrected chi connectivity index (χ1v) is 7.15. The molecule has 1 aliphatic rings. The summed E-state index contributed by atoms with van der Waals surface area (Å²) in [5.41, 5.74) is 3.51. The fourth-order valence-electron chi connectivity index (χ4n) is 2.43. The lowest BCUT2D eigenvalue weighted by Crippen LogP contribution is -2.22. The van der Waals surface area contributed by atoms with Gasteiger partial charge in [-0.2, -0.15) is 0 Å². The third-order valence-corrected chi connectivity index (χ3v) is 3.77. The van der Waals surface area contributed by atoms with Crippen LogP contribution in [-0.2, 0) is 6.42 Å². The standard InChI is InChI=1S/C17H17ClO2/c1-11-3-4-12(2)17(7-11)19-10-15-9-13-8-14(18)5-6-16(13)20-15/h3-8,15H,9-10H2,1-2H3/t15-/m0/s1. The van der Waals surface area contributed by atoms with Gasteiger partial charge in [-0.25, -0.2) is 0 Å². The maximum Gasteiger partial charge on any atom is 0.137 e. The first-order chi connectivity index (χ1) is 9.61. The van der Waals surface area contributed by atoms with Gasteiger partial charge in [0.2, 0.25) is 0 Å². The molecule has 0 fully saturated rings. The van der Waals surface area contributed by atoms with Crippen LogP contribution < -0.4 is 9.47 Å². The smallest absolute Gasteiger partial charge is 0.137 e. The summed E-state index contributed by atoms with van der Waals surface area (Å²) < 4.78 is 11.8. The van der Waals surface area contributed by atoms with Crippen molar-refractivity contribution in [3.05, 3.63) is 58.1 Å². The van der Waals surface area contributed by atoms with Crippen LogP contribution in [0.3, 0.4) is 0 Å². The monoisotopic (exact) mass is 288 g/mol. The molecule has 20 heavy (non-hydrogen) atoms. The zero-order valence-corrected chi connectivity index (χ0v) is 12.4. The van der Waals surface area contributed by atoms with Crippen LogP contribution in [0.2, 0.25) is 5.02 Å². The Kier molecular flexibility index (Phi) is 3.58. The highest BCUT2D eigenvalue weighted by atomic mass is 35.5. The van der Waals surface area contributed by atoms with E-state index in [1.165, 1.54) is 5.56 Å². The summed E-state index contributed by atoms with van der Waals surface area (Å²) >= 11 is 6.00. The third kappa shape index (κ3) is 2.75. The van der Waals surface area contributed by atoms with E-state index in [0.717, 1.165) is 34.1 Å². The van der Waals surface area contributed by atoms with Crippen molar-refractivity contribution in [3.63, 3.8) is 0 Å². The summed E-state index contributed by atoms with van der Waals surface area (Å²) in [5, 5.41) is 0.753. The lowest BCUT2D eigenvalue weighted by Gasteiger charge is -2.14. The minimum atomic E-state index is 0.0587. The van der Waals surface area contributed by atoms with Crippen molar-refractivity contribution in [1.82, 2.24) is 0 Å². The highest BCUT2D eigenvalue weighted by Crippen LogP contribution is 2.31. The molecule has 0 aliphatic carbocycles. The molecule has 0 radical (unpaired) electrons. The Labute approximate surface area is 124 Å². The molecule has 3 rings (SSSR count). The molecular weight excluding hydrogens is 272 g/mol. The number of fused-ring (bicyclic) bond motifs is 1. The molecule has 0 bridgehead atoms. The molecule has 1 heterocycles. The molecule has 2 aromatic carbocycles. The molecule has 2 aromatic rings. The van der Waals surface area contributed by atoms with E-state index in [4.69, 9.17) is 21.1 Å². The molecule has 1 aliphatic heterocycles. The van der Waals surface area contributed by atoms with Crippen molar-refractivity contribution in [3.8, 4) is 11.5 Å². The van der Waals surface area contributed by atoms with E-state index in [0.29, 0.717) is 6.61 Å².